The van der Waals surface area contributed by atoms with E-state index in [1.54, 1.807) is 0 Å². The maximum Gasteiger partial charge on any atom is 0.230 e. The molecule has 2 aromatic rings. The van der Waals surface area contributed by atoms with E-state index < -0.39 is 5.82 Å². The highest BCUT2D eigenvalue weighted by Gasteiger charge is 2.18. The van der Waals surface area contributed by atoms with Crippen molar-refractivity contribution in [3.8, 4) is 11.4 Å². The lowest BCUT2D eigenvalue weighted by Crippen LogP contribution is -2.21. The number of benzene rings is 1. The van der Waals surface area contributed by atoms with Crippen molar-refractivity contribution in [1.29, 1.82) is 0 Å². The minimum absolute atomic E-state index is 0.109. The number of nitrogen functional groups attached to an aromatic ring is 1. The Kier molecular flexibility index (Phi) is 3.40. The number of halogens is 2. The largest absolute Gasteiger partial charge is 0.368 e. The fourth-order valence-electron chi connectivity index (χ4n) is 2.23. The molecule has 0 radical (unpaired) electrons. The Balaban J connectivity index is 2.06. The topological polar surface area (TPSA) is 67.9 Å². The molecular weight excluding hydrogens is 281 g/mol. The van der Waals surface area contributed by atoms with Crippen LogP contribution in [0.15, 0.2) is 18.2 Å². The van der Waals surface area contributed by atoms with Crippen molar-refractivity contribution in [2.45, 2.75) is 12.8 Å². The predicted octanol–water partition coefficient (Wildman–Crippen LogP) is 2.51. The minimum Gasteiger partial charge on any atom is -0.368 e. The second-order valence-corrected chi connectivity index (χ2v) is 5.04. The quantitative estimate of drug-likeness (QED) is 0.921. The van der Waals surface area contributed by atoms with Gasteiger partial charge >= 0.3 is 0 Å². The normalized spacial score (nSPS) is 14.8. The van der Waals surface area contributed by atoms with Crippen LogP contribution < -0.4 is 10.6 Å². The van der Waals surface area contributed by atoms with Gasteiger partial charge in [-0.05, 0) is 31.0 Å². The van der Waals surface area contributed by atoms with Gasteiger partial charge in [0.15, 0.2) is 5.82 Å². The first-order valence-electron chi connectivity index (χ1n) is 6.35. The summed E-state index contributed by atoms with van der Waals surface area (Å²) in [6.45, 7) is 1.78. The standard InChI is InChI=1S/C13H13ClFN5/c14-10-4-3-8(15)7-9(10)11-17-12(16)19-13(18-11)20-5-1-2-6-20/h3-4,7H,1-2,5-6H2,(H2,16,17,18,19). The number of nitrogens with two attached hydrogens (primary N) is 1. The summed E-state index contributed by atoms with van der Waals surface area (Å²) in [7, 11) is 0. The van der Waals surface area contributed by atoms with Crippen LogP contribution in [0.25, 0.3) is 11.4 Å². The van der Waals surface area contributed by atoms with Gasteiger partial charge in [-0.2, -0.15) is 15.0 Å². The van der Waals surface area contributed by atoms with E-state index in [1.165, 1.54) is 18.2 Å². The number of nitrogens with zero attached hydrogens (tertiary/aromatic N) is 4. The molecule has 1 saturated heterocycles. The highest BCUT2D eigenvalue weighted by Crippen LogP contribution is 2.28. The Morgan fingerprint density at radius 3 is 2.65 bits per heavy atom. The van der Waals surface area contributed by atoms with Crippen molar-refractivity contribution in [1.82, 2.24) is 15.0 Å². The molecule has 0 aliphatic carbocycles. The molecule has 5 nitrogen and oxygen atoms in total. The van der Waals surface area contributed by atoms with Gasteiger partial charge < -0.3 is 10.6 Å². The van der Waals surface area contributed by atoms with E-state index in [9.17, 15) is 4.39 Å². The fraction of sp³-hybridized carbons (Fsp3) is 0.308. The van der Waals surface area contributed by atoms with E-state index in [2.05, 4.69) is 15.0 Å². The summed E-state index contributed by atoms with van der Waals surface area (Å²) in [5.41, 5.74) is 6.14. The zero-order valence-corrected chi connectivity index (χ0v) is 11.4. The third-order valence-corrected chi connectivity index (χ3v) is 3.53. The average molecular weight is 294 g/mol. The molecule has 3 rings (SSSR count). The molecule has 0 bridgehead atoms. The van der Waals surface area contributed by atoms with Crippen LogP contribution >= 0.6 is 11.6 Å². The molecule has 1 aliphatic rings. The van der Waals surface area contributed by atoms with Crippen molar-refractivity contribution >= 4 is 23.5 Å². The number of rotatable bonds is 2. The SMILES string of the molecule is Nc1nc(-c2cc(F)ccc2Cl)nc(N2CCCC2)n1. The van der Waals surface area contributed by atoms with Gasteiger partial charge in [0.05, 0.1) is 5.02 Å². The first-order chi connectivity index (χ1) is 9.63. The van der Waals surface area contributed by atoms with Gasteiger partial charge in [0.1, 0.15) is 5.82 Å². The summed E-state index contributed by atoms with van der Waals surface area (Å²) in [6, 6.07) is 4.06. The van der Waals surface area contributed by atoms with Gasteiger partial charge in [-0.3, -0.25) is 0 Å². The Bertz CT molecular complexity index is 643. The van der Waals surface area contributed by atoms with E-state index in [1.807, 2.05) is 4.90 Å². The second-order valence-electron chi connectivity index (χ2n) is 4.64. The van der Waals surface area contributed by atoms with Crippen LogP contribution in [0.2, 0.25) is 5.02 Å². The molecule has 2 N–H and O–H groups in total. The van der Waals surface area contributed by atoms with Crippen LogP contribution in [0.4, 0.5) is 16.3 Å². The van der Waals surface area contributed by atoms with Crippen molar-refractivity contribution in [2.75, 3.05) is 23.7 Å². The molecular formula is C13H13ClFN5. The molecule has 2 heterocycles. The van der Waals surface area contributed by atoms with Crippen molar-refractivity contribution < 1.29 is 4.39 Å². The maximum atomic E-state index is 13.4. The lowest BCUT2D eigenvalue weighted by Gasteiger charge is -2.16. The summed E-state index contributed by atoms with van der Waals surface area (Å²) in [6.07, 6.45) is 2.20. The van der Waals surface area contributed by atoms with Gasteiger partial charge in [0, 0.05) is 18.7 Å². The number of hydrogen-bond donors (Lipinski definition) is 1. The van der Waals surface area contributed by atoms with Crippen LogP contribution in [-0.2, 0) is 0 Å². The molecule has 20 heavy (non-hydrogen) atoms. The summed E-state index contributed by atoms with van der Waals surface area (Å²) in [4.78, 5) is 14.6. The van der Waals surface area contributed by atoms with Crippen molar-refractivity contribution in [2.24, 2.45) is 0 Å². The first kappa shape index (κ1) is 13.1. The second kappa shape index (κ2) is 5.20. The van der Waals surface area contributed by atoms with Gasteiger partial charge in [0.25, 0.3) is 0 Å². The highest BCUT2D eigenvalue weighted by atomic mass is 35.5. The van der Waals surface area contributed by atoms with Crippen LogP contribution in [0.3, 0.4) is 0 Å². The molecule has 0 spiro atoms. The highest BCUT2D eigenvalue weighted by molar-refractivity contribution is 6.33. The Morgan fingerprint density at radius 1 is 1.15 bits per heavy atom. The maximum absolute atomic E-state index is 13.4. The number of aromatic nitrogens is 3. The molecule has 7 heteroatoms. The molecule has 1 fully saturated rings. The zero-order chi connectivity index (χ0) is 14.1. The Hall–Kier alpha value is -1.95. The number of anilines is 2. The van der Waals surface area contributed by atoms with Gasteiger partial charge in [-0.1, -0.05) is 11.6 Å². The molecule has 104 valence electrons. The first-order valence-corrected chi connectivity index (χ1v) is 6.73. The van der Waals surface area contributed by atoms with Crippen LogP contribution in [-0.4, -0.2) is 28.0 Å². The summed E-state index contributed by atoms with van der Waals surface area (Å²) in [5.74, 6) is 0.526. The van der Waals surface area contributed by atoms with Crippen LogP contribution in [0.1, 0.15) is 12.8 Å². The van der Waals surface area contributed by atoms with Crippen molar-refractivity contribution in [3.63, 3.8) is 0 Å². The molecule has 1 aliphatic heterocycles. The smallest absolute Gasteiger partial charge is 0.230 e. The summed E-state index contributed by atoms with van der Waals surface area (Å²) < 4.78 is 13.4. The van der Waals surface area contributed by atoms with E-state index >= 15 is 0 Å². The van der Waals surface area contributed by atoms with Gasteiger partial charge in [-0.25, -0.2) is 4.39 Å². The molecule has 0 saturated carbocycles. The van der Waals surface area contributed by atoms with E-state index in [-0.39, 0.29) is 5.95 Å². The van der Waals surface area contributed by atoms with E-state index in [0.717, 1.165) is 25.9 Å². The van der Waals surface area contributed by atoms with Crippen LogP contribution in [0.5, 0.6) is 0 Å². The van der Waals surface area contributed by atoms with Crippen molar-refractivity contribution in [3.05, 3.63) is 29.0 Å². The Labute approximate surface area is 120 Å². The zero-order valence-electron chi connectivity index (χ0n) is 10.7. The molecule has 1 aromatic carbocycles. The third kappa shape index (κ3) is 2.51. The van der Waals surface area contributed by atoms with E-state index in [0.29, 0.717) is 22.4 Å². The lowest BCUT2D eigenvalue weighted by atomic mass is 10.2. The van der Waals surface area contributed by atoms with Gasteiger partial charge in [0.2, 0.25) is 11.9 Å². The lowest BCUT2D eigenvalue weighted by molar-refractivity contribution is 0.628. The summed E-state index contributed by atoms with van der Waals surface area (Å²) in [5, 5.41) is 0.379. The van der Waals surface area contributed by atoms with Crippen LogP contribution in [0, 0.1) is 5.82 Å². The molecule has 0 unspecified atom stereocenters. The fourth-order valence-corrected chi connectivity index (χ4v) is 2.43. The monoisotopic (exact) mass is 293 g/mol. The predicted molar refractivity (Wildman–Crippen MR) is 76.1 cm³/mol. The van der Waals surface area contributed by atoms with Gasteiger partial charge in [-0.15, -0.1) is 0 Å². The minimum atomic E-state index is -0.397. The third-order valence-electron chi connectivity index (χ3n) is 3.20. The van der Waals surface area contributed by atoms with E-state index in [4.69, 9.17) is 17.3 Å². The summed E-state index contributed by atoms with van der Waals surface area (Å²) >= 11 is 6.07. The Morgan fingerprint density at radius 2 is 1.90 bits per heavy atom. The number of hydrogen-bond acceptors (Lipinski definition) is 5. The molecule has 0 amide bonds. The molecule has 0 atom stereocenters. The average Bonchev–Trinajstić information content (AvgIpc) is 2.95. The molecule has 1 aromatic heterocycles.